The van der Waals surface area contributed by atoms with Crippen LogP contribution in [-0.4, -0.2) is 249 Å². The lowest BCUT2D eigenvalue weighted by Gasteiger charge is -2.50. The molecular weight excluding hydrogens is 1100 g/mol. The molecule has 0 bridgehead atoms. The summed E-state index contributed by atoms with van der Waals surface area (Å²) in [5.41, 5.74) is 0.466. The average molecular weight is 1170 g/mol. The summed E-state index contributed by atoms with van der Waals surface area (Å²) in [5, 5.41) is 131. The third kappa shape index (κ3) is 14.6. The Bertz CT molecular complexity index is 2690. The van der Waals surface area contributed by atoms with Crippen LogP contribution in [-0.2, 0) is 66.5 Å². The molecule has 0 saturated carbocycles. The van der Waals surface area contributed by atoms with E-state index in [4.69, 9.17) is 61.6 Å². The molecule has 29 nitrogen and oxygen atoms in total. The molecular formula is C53H64O29. The van der Waals surface area contributed by atoms with Crippen LogP contribution in [0, 0.1) is 0 Å². The number of rotatable bonds is 22. The molecule has 3 aromatic rings. The third-order valence-electron chi connectivity index (χ3n) is 13.4. The molecule has 0 aromatic heterocycles. The Morgan fingerprint density at radius 3 is 1.63 bits per heavy atom. The second-order valence-electron chi connectivity index (χ2n) is 18.9. The molecule has 0 aliphatic carbocycles. The van der Waals surface area contributed by atoms with Gasteiger partial charge in [-0.25, -0.2) is 14.4 Å². The van der Waals surface area contributed by atoms with Gasteiger partial charge in [-0.2, -0.15) is 0 Å². The third-order valence-corrected chi connectivity index (χ3v) is 13.4. The standard InChI is InChI=1S/C53H64O29/c1-24(57)72-22-35-39(63)42(66)44(68)51(76-35)78-46-45(77-37(61)16-12-26-10-14-29(59)31(18-26)71-3)34(21-56)75-52(47(46)79-50-43(67)41(65)38(62)32(19-54)74-50)82-53(23-73-36(60)15-11-25-9-13-28(58)30(17-25)70-2)48(40(64)33(20-55)81-53)80-49(69)27-7-5-4-6-8-27/h4-18,32-35,38-48,50-52,54-56,58-59,62-68H,19-23H2,1-3H3/b15-11+,16-12+/t32-,33-,34+,35-,38+,39+,40+,41-,42-,43+,44+,45+,46-,47+,48-,50+,51-,52+,53-/m0/s1. The van der Waals surface area contributed by atoms with E-state index in [0.29, 0.717) is 5.56 Å². The molecule has 12 N–H and O–H groups in total. The fourth-order valence-corrected chi connectivity index (χ4v) is 9.09. The molecule has 4 heterocycles. The van der Waals surface area contributed by atoms with Crippen LogP contribution in [0.25, 0.3) is 12.2 Å². The Balaban J connectivity index is 1.36. The van der Waals surface area contributed by atoms with Crippen LogP contribution in [0.4, 0.5) is 0 Å². The number of esters is 4. The SMILES string of the molecule is COc1cc(/C=C/C(=O)OC[C@@]2(O[C@H]3O[C@H](CO)[C@@H](OC(=O)/C=C/c4ccc(O)c(OC)c4)[C@H](O[C@@H]4O[C@@H](COC(C)=O)[C@@H](O)[C@H](O)[C@H]4O)[C@H]3O[C@H]3O[C@@H](CO)[C@@H](O)[C@H](O)[C@H]3O)O[C@@H](CO)[C@@H](O)[C@@H]2OC(=O)c2ccccc2)ccc1O. The van der Waals surface area contributed by atoms with Crippen molar-refractivity contribution in [2.45, 2.75) is 123 Å². The van der Waals surface area contributed by atoms with Crippen molar-refractivity contribution in [3.63, 3.8) is 0 Å². The van der Waals surface area contributed by atoms with E-state index in [1.165, 1.54) is 87.0 Å². The van der Waals surface area contributed by atoms with Crippen LogP contribution in [0.1, 0.15) is 28.4 Å². The van der Waals surface area contributed by atoms with E-state index in [1.807, 2.05) is 0 Å². The van der Waals surface area contributed by atoms with Crippen LogP contribution >= 0.6 is 0 Å². The van der Waals surface area contributed by atoms with Gasteiger partial charge < -0.3 is 123 Å². The zero-order valence-electron chi connectivity index (χ0n) is 43.9. The van der Waals surface area contributed by atoms with E-state index in [0.717, 1.165) is 19.1 Å². The number of phenolic OH excluding ortho intramolecular Hbond substituents is 2. The van der Waals surface area contributed by atoms with Crippen molar-refractivity contribution < 1.29 is 142 Å². The maximum atomic E-state index is 14.0. The van der Waals surface area contributed by atoms with E-state index >= 15 is 0 Å². The van der Waals surface area contributed by atoms with Crippen molar-refractivity contribution in [1.82, 2.24) is 0 Å². The molecule has 4 aliphatic heterocycles. The van der Waals surface area contributed by atoms with Crippen molar-refractivity contribution in [3.8, 4) is 23.0 Å². The predicted molar refractivity (Wildman–Crippen MR) is 268 cm³/mol. The summed E-state index contributed by atoms with van der Waals surface area (Å²) < 4.78 is 75.7. The Labute approximate surface area is 466 Å². The summed E-state index contributed by atoms with van der Waals surface area (Å²) in [6, 6.07) is 15.2. The predicted octanol–water partition coefficient (Wildman–Crippen LogP) is -3.35. The molecule has 0 radical (unpaired) electrons. The first-order chi connectivity index (χ1) is 39.1. The number of carbonyl (C=O) groups is 4. The quantitative estimate of drug-likeness (QED) is 0.0266. The van der Waals surface area contributed by atoms with Gasteiger partial charge in [0.2, 0.25) is 5.79 Å². The fourth-order valence-electron chi connectivity index (χ4n) is 9.09. The van der Waals surface area contributed by atoms with Gasteiger partial charge in [0.05, 0.1) is 39.6 Å². The Morgan fingerprint density at radius 2 is 1.09 bits per heavy atom. The van der Waals surface area contributed by atoms with Crippen molar-refractivity contribution in [2.24, 2.45) is 0 Å². The number of aliphatic hydroxyl groups excluding tert-OH is 10. The molecule has 0 spiro atoms. The minimum Gasteiger partial charge on any atom is -0.504 e. The van der Waals surface area contributed by atoms with Gasteiger partial charge in [0.25, 0.3) is 0 Å². The van der Waals surface area contributed by atoms with E-state index in [-0.39, 0.29) is 34.1 Å². The monoisotopic (exact) mass is 1160 g/mol. The van der Waals surface area contributed by atoms with Gasteiger partial charge in [-0.3, -0.25) is 4.79 Å². The van der Waals surface area contributed by atoms with Gasteiger partial charge in [0, 0.05) is 19.1 Å². The van der Waals surface area contributed by atoms with Crippen LogP contribution in [0.15, 0.2) is 78.9 Å². The minimum absolute atomic E-state index is 0.00912. The smallest absolute Gasteiger partial charge is 0.338 e. The number of aliphatic hydroxyl groups is 10. The molecule has 450 valence electrons. The number of aromatic hydroxyl groups is 2. The lowest BCUT2D eigenvalue weighted by molar-refractivity contribution is -0.421. The molecule has 82 heavy (non-hydrogen) atoms. The number of hydrogen-bond donors (Lipinski definition) is 12. The highest BCUT2D eigenvalue weighted by molar-refractivity contribution is 5.90. The van der Waals surface area contributed by atoms with Gasteiger partial charge in [-0.05, 0) is 59.7 Å². The van der Waals surface area contributed by atoms with Crippen LogP contribution in [0.5, 0.6) is 23.0 Å². The van der Waals surface area contributed by atoms with E-state index < -0.39 is 173 Å². The number of benzene rings is 3. The molecule has 29 heteroatoms. The van der Waals surface area contributed by atoms with Gasteiger partial charge in [0.15, 0.2) is 54.1 Å². The summed E-state index contributed by atoms with van der Waals surface area (Å²) >= 11 is 0. The van der Waals surface area contributed by atoms with Gasteiger partial charge >= 0.3 is 23.9 Å². The van der Waals surface area contributed by atoms with Gasteiger partial charge in [0.1, 0.15) is 92.6 Å². The molecule has 19 atom stereocenters. The van der Waals surface area contributed by atoms with E-state index in [2.05, 4.69) is 0 Å². The molecule has 7 rings (SSSR count). The zero-order chi connectivity index (χ0) is 59.6. The molecule has 4 aliphatic rings. The molecule has 4 saturated heterocycles. The first-order valence-corrected chi connectivity index (χ1v) is 25.2. The Morgan fingerprint density at radius 1 is 0.561 bits per heavy atom. The van der Waals surface area contributed by atoms with Gasteiger partial charge in [-0.15, -0.1) is 0 Å². The van der Waals surface area contributed by atoms with Gasteiger partial charge in [-0.1, -0.05) is 30.3 Å². The van der Waals surface area contributed by atoms with Crippen LogP contribution in [0.2, 0.25) is 0 Å². The lowest BCUT2D eigenvalue weighted by atomic mass is 9.95. The normalized spacial score (nSPS) is 33.9. The topological polar surface area (TPSA) is 431 Å². The summed E-state index contributed by atoms with van der Waals surface area (Å²) in [5.74, 6) is -7.80. The fraction of sp³-hybridized carbons (Fsp3) is 0.509. The van der Waals surface area contributed by atoms with Crippen molar-refractivity contribution in [2.75, 3.05) is 47.3 Å². The van der Waals surface area contributed by atoms with Crippen molar-refractivity contribution in [1.29, 1.82) is 0 Å². The first-order valence-electron chi connectivity index (χ1n) is 25.2. The molecule has 4 fully saturated rings. The zero-order valence-corrected chi connectivity index (χ0v) is 43.9. The maximum absolute atomic E-state index is 14.0. The van der Waals surface area contributed by atoms with Crippen LogP contribution < -0.4 is 9.47 Å². The number of phenols is 2. The summed E-state index contributed by atoms with van der Waals surface area (Å²) in [7, 11) is 2.56. The first kappa shape index (κ1) is 63.1. The number of hydrogen-bond acceptors (Lipinski definition) is 29. The largest absolute Gasteiger partial charge is 0.504 e. The number of carbonyl (C=O) groups excluding carboxylic acids is 4. The summed E-state index contributed by atoms with van der Waals surface area (Å²) in [6.45, 7) is -4.22. The van der Waals surface area contributed by atoms with Crippen molar-refractivity contribution >= 4 is 36.0 Å². The lowest BCUT2D eigenvalue weighted by Crippen LogP contribution is -2.69. The highest BCUT2D eigenvalue weighted by atomic mass is 16.8. The average Bonchev–Trinajstić information content (AvgIpc) is 2.78. The van der Waals surface area contributed by atoms with Crippen LogP contribution in [0.3, 0.4) is 0 Å². The van der Waals surface area contributed by atoms with E-state index in [9.17, 15) is 80.5 Å². The van der Waals surface area contributed by atoms with E-state index in [1.54, 1.807) is 6.07 Å². The Kier molecular flexibility index (Phi) is 21.7. The summed E-state index contributed by atoms with van der Waals surface area (Å²) in [4.78, 5) is 53.5. The molecule has 3 aromatic carbocycles. The Hall–Kier alpha value is -6.46. The minimum atomic E-state index is -2.91. The maximum Gasteiger partial charge on any atom is 0.338 e. The molecule has 0 unspecified atom stereocenters. The number of methoxy groups -OCH3 is 2. The highest BCUT2D eigenvalue weighted by Gasteiger charge is 2.64. The molecule has 0 amide bonds. The second-order valence-corrected chi connectivity index (χ2v) is 18.9. The number of ether oxygens (including phenoxy) is 13. The summed E-state index contributed by atoms with van der Waals surface area (Å²) in [6.07, 6.45) is -33.5. The van der Waals surface area contributed by atoms with Crippen molar-refractivity contribution in [3.05, 3.63) is 95.6 Å². The second kappa shape index (κ2) is 28.2. The highest BCUT2D eigenvalue weighted by Crippen LogP contribution is 2.42.